The normalized spacial score (nSPS) is 13.1. The number of amides is 3. The van der Waals surface area contributed by atoms with E-state index in [9.17, 15) is 31.9 Å². The van der Waals surface area contributed by atoms with Crippen molar-refractivity contribution in [1.82, 2.24) is 25.4 Å². The molecule has 0 aliphatic carbocycles. The molecule has 0 saturated carbocycles. The van der Waals surface area contributed by atoms with Gasteiger partial charge in [-0.3, -0.25) is 19.3 Å². The molecular weight excluding hydrogens is 472 g/mol. The minimum atomic E-state index is -4.66. The average molecular weight is 492 g/mol. The van der Waals surface area contributed by atoms with E-state index in [-0.39, 0.29) is 22.4 Å². The molecule has 0 spiro atoms. The lowest BCUT2D eigenvalue weighted by atomic mass is 9.90. The molecule has 0 bridgehead atoms. The fraction of sp³-hybridized carbons (Fsp3) is 0.227. The van der Waals surface area contributed by atoms with Gasteiger partial charge in [-0.25, -0.2) is 9.18 Å². The first-order valence-corrected chi connectivity index (χ1v) is 10.0. The third-order valence-corrected chi connectivity index (χ3v) is 5.30. The van der Waals surface area contributed by atoms with Crippen LogP contribution >= 0.6 is 0 Å². The SMILES string of the molecule is CC(=O)C(CNC(=O)c1cc(F)ccc1-c1ccc(C(F)(F)F)nc1)(NC(N)=O)c1ccnn1C. The summed E-state index contributed by atoms with van der Waals surface area (Å²) in [6, 6.07) is 5.39. The molecule has 3 aromatic rings. The van der Waals surface area contributed by atoms with Crippen LogP contribution < -0.4 is 16.4 Å². The number of carbonyl (C=O) groups excluding carboxylic acids is 3. The summed E-state index contributed by atoms with van der Waals surface area (Å²) in [7, 11) is 1.51. The summed E-state index contributed by atoms with van der Waals surface area (Å²) < 4.78 is 53.9. The molecule has 184 valence electrons. The summed E-state index contributed by atoms with van der Waals surface area (Å²) in [5, 5.41) is 8.79. The van der Waals surface area contributed by atoms with E-state index in [1.54, 1.807) is 0 Å². The number of urea groups is 1. The van der Waals surface area contributed by atoms with E-state index >= 15 is 0 Å². The molecule has 0 aliphatic heterocycles. The number of ketones is 1. The van der Waals surface area contributed by atoms with Gasteiger partial charge >= 0.3 is 12.2 Å². The van der Waals surface area contributed by atoms with Gasteiger partial charge in [0, 0.05) is 25.0 Å². The molecule has 35 heavy (non-hydrogen) atoms. The zero-order chi connectivity index (χ0) is 26.0. The molecule has 2 aromatic heterocycles. The highest BCUT2D eigenvalue weighted by molar-refractivity contribution is 6.01. The highest BCUT2D eigenvalue weighted by Crippen LogP contribution is 2.30. The van der Waals surface area contributed by atoms with Crippen LogP contribution in [-0.2, 0) is 23.6 Å². The number of carbonyl (C=O) groups is 3. The van der Waals surface area contributed by atoms with Gasteiger partial charge in [0.15, 0.2) is 11.3 Å². The van der Waals surface area contributed by atoms with E-state index in [1.807, 2.05) is 0 Å². The molecule has 1 aromatic carbocycles. The number of hydrogen-bond acceptors (Lipinski definition) is 5. The van der Waals surface area contributed by atoms with Gasteiger partial charge in [-0.05, 0) is 36.8 Å². The number of primary amides is 1. The number of pyridine rings is 1. The van der Waals surface area contributed by atoms with Crippen LogP contribution in [0.4, 0.5) is 22.4 Å². The second-order valence-electron chi connectivity index (χ2n) is 7.59. The van der Waals surface area contributed by atoms with E-state index in [0.717, 1.165) is 30.5 Å². The van der Waals surface area contributed by atoms with Gasteiger partial charge in [0.05, 0.1) is 17.8 Å². The fourth-order valence-corrected chi connectivity index (χ4v) is 3.58. The number of halogens is 4. The minimum Gasteiger partial charge on any atom is -0.352 e. The second-order valence-corrected chi connectivity index (χ2v) is 7.59. The Balaban J connectivity index is 1.97. The number of aryl methyl sites for hydroxylation is 1. The molecule has 1 atom stereocenters. The Morgan fingerprint density at radius 1 is 1.11 bits per heavy atom. The van der Waals surface area contributed by atoms with E-state index in [4.69, 9.17) is 5.73 Å². The van der Waals surface area contributed by atoms with Gasteiger partial charge in [-0.1, -0.05) is 12.1 Å². The largest absolute Gasteiger partial charge is 0.433 e. The lowest BCUT2D eigenvalue weighted by Crippen LogP contribution is -2.59. The van der Waals surface area contributed by atoms with Crippen LogP contribution in [0.3, 0.4) is 0 Å². The predicted molar refractivity (Wildman–Crippen MR) is 115 cm³/mol. The highest BCUT2D eigenvalue weighted by atomic mass is 19.4. The van der Waals surface area contributed by atoms with E-state index in [2.05, 4.69) is 20.7 Å². The molecule has 2 heterocycles. The van der Waals surface area contributed by atoms with Gasteiger partial charge in [-0.15, -0.1) is 0 Å². The Labute approximate surface area is 196 Å². The zero-order valence-electron chi connectivity index (χ0n) is 18.5. The van der Waals surface area contributed by atoms with Crippen molar-refractivity contribution in [3.05, 3.63) is 71.6 Å². The number of nitrogens with two attached hydrogens (primary N) is 1. The quantitative estimate of drug-likeness (QED) is 0.436. The Kier molecular flexibility index (Phi) is 6.89. The molecule has 3 rings (SSSR count). The van der Waals surface area contributed by atoms with Crippen LogP contribution in [0.1, 0.15) is 28.7 Å². The van der Waals surface area contributed by atoms with Crippen molar-refractivity contribution in [2.75, 3.05) is 6.54 Å². The van der Waals surface area contributed by atoms with Crippen molar-refractivity contribution < 1.29 is 31.9 Å². The molecule has 3 amide bonds. The number of nitrogens with zero attached hydrogens (tertiary/aromatic N) is 3. The van der Waals surface area contributed by atoms with Crippen LogP contribution in [0.2, 0.25) is 0 Å². The number of aromatic nitrogens is 3. The Bertz CT molecular complexity index is 1270. The molecule has 0 saturated heterocycles. The molecule has 9 nitrogen and oxygen atoms in total. The van der Waals surface area contributed by atoms with Gasteiger partial charge in [0.25, 0.3) is 5.91 Å². The third-order valence-electron chi connectivity index (χ3n) is 5.30. The monoisotopic (exact) mass is 492 g/mol. The number of rotatable bonds is 7. The average Bonchev–Trinajstić information content (AvgIpc) is 3.21. The number of Topliss-reactive ketones (excluding diaryl/α,β-unsaturated/α-hetero) is 1. The van der Waals surface area contributed by atoms with Gasteiger partial charge < -0.3 is 16.4 Å². The Hall–Kier alpha value is -4.29. The van der Waals surface area contributed by atoms with Gasteiger partial charge in [0.1, 0.15) is 11.5 Å². The first-order chi connectivity index (χ1) is 16.3. The minimum absolute atomic E-state index is 0.0990. The second kappa shape index (κ2) is 9.52. The zero-order valence-corrected chi connectivity index (χ0v) is 18.5. The van der Waals surface area contributed by atoms with Gasteiger partial charge in [-0.2, -0.15) is 18.3 Å². The standard InChI is InChI=1S/C22H20F4N6O3/c1-12(33)21(31-20(27)35,18-7-8-30-32(18)2)11-29-19(34)16-9-14(23)4-5-15(16)13-3-6-17(28-10-13)22(24,25)26/h3-10H,11H2,1-2H3,(H,29,34)(H3,27,31,35). The van der Waals surface area contributed by atoms with Crippen molar-refractivity contribution >= 4 is 17.7 Å². The van der Waals surface area contributed by atoms with Crippen molar-refractivity contribution in [2.24, 2.45) is 12.8 Å². The maximum absolute atomic E-state index is 14.0. The first kappa shape index (κ1) is 25.3. The van der Waals surface area contributed by atoms with E-state index in [1.165, 1.54) is 37.0 Å². The highest BCUT2D eigenvalue weighted by Gasteiger charge is 2.41. The number of benzene rings is 1. The maximum atomic E-state index is 14.0. The van der Waals surface area contributed by atoms with Crippen LogP contribution in [0.25, 0.3) is 11.1 Å². The molecule has 0 aliphatic rings. The number of nitrogens with one attached hydrogen (secondary N) is 2. The number of alkyl halides is 3. The lowest BCUT2D eigenvalue weighted by molar-refractivity contribution is -0.141. The molecule has 13 heteroatoms. The topological polar surface area (TPSA) is 132 Å². The summed E-state index contributed by atoms with van der Waals surface area (Å²) in [4.78, 5) is 40.8. The maximum Gasteiger partial charge on any atom is 0.433 e. The Morgan fingerprint density at radius 2 is 1.83 bits per heavy atom. The summed E-state index contributed by atoms with van der Waals surface area (Å²) in [6.07, 6.45) is -2.37. The molecule has 0 radical (unpaired) electrons. The van der Waals surface area contributed by atoms with Crippen LogP contribution in [0, 0.1) is 5.82 Å². The van der Waals surface area contributed by atoms with Crippen molar-refractivity contribution in [3.63, 3.8) is 0 Å². The van der Waals surface area contributed by atoms with Crippen LogP contribution in [0.5, 0.6) is 0 Å². The van der Waals surface area contributed by atoms with E-state index in [0.29, 0.717) is 0 Å². The summed E-state index contributed by atoms with van der Waals surface area (Å²) in [5.74, 6) is -2.22. The van der Waals surface area contributed by atoms with Crippen molar-refractivity contribution in [2.45, 2.75) is 18.6 Å². The molecule has 0 fully saturated rings. The summed E-state index contributed by atoms with van der Waals surface area (Å²) in [6.45, 7) is 0.696. The summed E-state index contributed by atoms with van der Waals surface area (Å²) in [5.41, 5.74) is 2.56. The smallest absolute Gasteiger partial charge is 0.352 e. The van der Waals surface area contributed by atoms with Crippen LogP contribution in [-0.4, -0.2) is 39.0 Å². The fourth-order valence-electron chi connectivity index (χ4n) is 3.58. The Morgan fingerprint density at radius 3 is 2.34 bits per heavy atom. The van der Waals surface area contributed by atoms with Crippen LogP contribution in [0.15, 0.2) is 48.8 Å². The van der Waals surface area contributed by atoms with Gasteiger partial charge in [0.2, 0.25) is 0 Å². The van der Waals surface area contributed by atoms with Crippen molar-refractivity contribution in [3.8, 4) is 11.1 Å². The molecular formula is C22H20F4N6O3. The van der Waals surface area contributed by atoms with E-state index < -0.39 is 47.5 Å². The third kappa shape index (κ3) is 5.28. The first-order valence-electron chi connectivity index (χ1n) is 10.0. The number of hydrogen-bond donors (Lipinski definition) is 3. The molecule has 1 unspecified atom stereocenters. The lowest BCUT2D eigenvalue weighted by Gasteiger charge is -2.32. The molecule has 4 N–H and O–H groups in total. The predicted octanol–water partition coefficient (Wildman–Crippen LogP) is 2.52. The summed E-state index contributed by atoms with van der Waals surface area (Å²) >= 11 is 0. The van der Waals surface area contributed by atoms with Crippen molar-refractivity contribution in [1.29, 1.82) is 0 Å².